The molecular weight excluding hydrogens is 229 g/mol. The molecule has 0 heterocycles. The normalized spacial score (nSPS) is 22.2. The van der Waals surface area contributed by atoms with Crippen LogP contribution in [0.3, 0.4) is 0 Å². The first-order chi connectivity index (χ1) is 8.59. The second kappa shape index (κ2) is 5.61. The van der Waals surface area contributed by atoms with Crippen LogP contribution in [0.25, 0.3) is 0 Å². The molecule has 0 radical (unpaired) electrons. The van der Waals surface area contributed by atoms with Gasteiger partial charge in [0.1, 0.15) is 11.6 Å². The van der Waals surface area contributed by atoms with E-state index in [9.17, 15) is 9.18 Å². The van der Waals surface area contributed by atoms with E-state index >= 15 is 0 Å². The molecule has 2 nitrogen and oxygen atoms in total. The highest BCUT2D eigenvalue weighted by Gasteiger charge is 2.32. The Balaban J connectivity index is 2.27. The second-order valence-corrected chi connectivity index (χ2v) is 5.28. The molecule has 18 heavy (non-hydrogen) atoms. The van der Waals surface area contributed by atoms with Crippen molar-refractivity contribution in [3.63, 3.8) is 0 Å². The lowest BCUT2D eigenvalue weighted by Gasteiger charge is -2.34. The maximum absolute atomic E-state index is 13.0. The van der Waals surface area contributed by atoms with Crippen LogP contribution in [0.2, 0.25) is 0 Å². The van der Waals surface area contributed by atoms with Gasteiger partial charge in [0.05, 0.1) is 0 Å². The lowest BCUT2D eigenvalue weighted by Crippen LogP contribution is -2.34. The quantitative estimate of drug-likeness (QED) is 0.820. The van der Waals surface area contributed by atoms with Crippen LogP contribution in [-0.2, 0) is 4.79 Å². The lowest BCUT2D eigenvalue weighted by atomic mass is 9.79. The van der Waals surface area contributed by atoms with Gasteiger partial charge in [0.15, 0.2) is 0 Å². The summed E-state index contributed by atoms with van der Waals surface area (Å²) in [5.74, 6) is 0.176. The molecule has 0 N–H and O–H groups in total. The molecule has 1 aromatic rings. The van der Waals surface area contributed by atoms with Gasteiger partial charge in [-0.3, -0.25) is 4.79 Å². The van der Waals surface area contributed by atoms with E-state index in [1.54, 1.807) is 12.1 Å². The summed E-state index contributed by atoms with van der Waals surface area (Å²) in [5.41, 5.74) is 1.03. The Labute approximate surface area is 108 Å². The van der Waals surface area contributed by atoms with Gasteiger partial charge in [-0.15, -0.1) is 0 Å². The minimum Gasteiger partial charge on any atom is -0.302 e. The summed E-state index contributed by atoms with van der Waals surface area (Å²) in [6, 6.07) is 6.60. The number of ketones is 1. The van der Waals surface area contributed by atoms with E-state index in [2.05, 4.69) is 4.90 Å². The summed E-state index contributed by atoms with van der Waals surface area (Å²) in [6.45, 7) is 0. The number of Topliss-reactive ketones (excluding diaryl/α,β-unsaturated/α-hetero) is 1. The van der Waals surface area contributed by atoms with Crippen LogP contribution < -0.4 is 0 Å². The molecule has 0 aliphatic heterocycles. The number of carbonyl (C=O) groups excluding carboxylic acids is 1. The third kappa shape index (κ3) is 2.78. The number of halogens is 1. The number of hydrogen-bond donors (Lipinski definition) is 0. The predicted molar refractivity (Wildman–Crippen MR) is 69.8 cm³/mol. The minimum atomic E-state index is -0.230. The van der Waals surface area contributed by atoms with Crippen LogP contribution in [0.5, 0.6) is 0 Å². The zero-order chi connectivity index (χ0) is 13.1. The number of benzene rings is 1. The van der Waals surface area contributed by atoms with Gasteiger partial charge in [-0.05, 0) is 44.6 Å². The third-order valence-electron chi connectivity index (χ3n) is 3.75. The molecule has 98 valence electrons. The van der Waals surface area contributed by atoms with Gasteiger partial charge in [0.2, 0.25) is 0 Å². The molecule has 0 amide bonds. The minimum absolute atomic E-state index is 0.0548. The first-order valence-electron chi connectivity index (χ1n) is 6.54. The van der Waals surface area contributed by atoms with Gasteiger partial charge in [0, 0.05) is 18.4 Å². The fourth-order valence-corrected chi connectivity index (χ4v) is 2.89. The van der Waals surface area contributed by atoms with E-state index in [1.807, 2.05) is 14.1 Å². The third-order valence-corrected chi connectivity index (χ3v) is 3.75. The van der Waals surface area contributed by atoms with Crippen molar-refractivity contribution in [2.45, 2.75) is 31.7 Å². The van der Waals surface area contributed by atoms with Crippen LogP contribution in [-0.4, -0.2) is 24.8 Å². The molecule has 1 aliphatic rings. The molecule has 0 bridgehead atoms. The maximum Gasteiger partial charge on any atom is 0.137 e. The lowest BCUT2D eigenvalue weighted by molar-refractivity contribution is -0.126. The zero-order valence-electron chi connectivity index (χ0n) is 11.0. The van der Waals surface area contributed by atoms with Crippen molar-refractivity contribution in [1.29, 1.82) is 0 Å². The van der Waals surface area contributed by atoms with Gasteiger partial charge < -0.3 is 4.90 Å². The van der Waals surface area contributed by atoms with Gasteiger partial charge in [-0.2, -0.15) is 0 Å². The fraction of sp³-hybridized carbons (Fsp3) is 0.533. The van der Waals surface area contributed by atoms with Crippen LogP contribution in [0.1, 0.15) is 37.3 Å². The van der Waals surface area contributed by atoms with Gasteiger partial charge in [-0.1, -0.05) is 18.6 Å². The monoisotopic (exact) mass is 249 g/mol. The van der Waals surface area contributed by atoms with Crippen molar-refractivity contribution in [1.82, 2.24) is 4.90 Å². The molecule has 2 unspecified atom stereocenters. The van der Waals surface area contributed by atoms with E-state index in [0.29, 0.717) is 12.2 Å². The number of rotatable bonds is 3. The van der Waals surface area contributed by atoms with Crippen LogP contribution in [0.15, 0.2) is 24.3 Å². The summed E-state index contributed by atoms with van der Waals surface area (Å²) in [7, 11) is 3.96. The standard InChI is InChI=1S/C15H20FNO/c1-17(2)15(11-7-9-12(16)10-8-11)13-5-3-4-6-14(13)18/h7-10,13,15H,3-6H2,1-2H3. The molecule has 3 heteroatoms. The predicted octanol–water partition coefficient (Wildman–Crippen LogP) is 3.19. The SMILES string of the molecule is CN(C)C(c1ccc(F)cc1)C1CCCCC1=O. The Morgan fingerprint density at radius 3 is 2.44 bits per heavy atom. The Bertz CT molecular complexity index is 413. The molecule has 0 aromatic heterocycles. The number of nitrogens with zero attached hydrogens (tertiary/aromatic N) is 1. The summed E-state index contributed by atoms with van der Waals surface area (Å²) in [5, 5.41) is 0. The summed E-state index contributed by atoms with van der Waals surface area (Å²) < 4.78 is 13.0. The molecule has 0 spiro atoms. The average molecular weight is 249 g/mol. The van der Waals surface area contributed by atoms with Crippen LogP contribution in [0.4, 0.5) is 4.39 Å². The summed E-state index contributed by atoms with van der Waals surface area (Å²) in [4.78, 5) is 14.2. The smallest absolute Gasteiger partial charge is 0.137 e. The van der Waals surface area contributed by atoms with Gasteiger partial charge in [0.25, 0.3) is 0 Å². The largest absolute Gasteiger partial charge is 0.302 e. The number of hydrogen-bond acceptors (Lipinski definition) is 2. The molecule has 1 saturated carbocycles. The zero-order valence-corrected chi connectivity index (χ0v) is 11.0. The molecule has 1 aliphatic carbocycles. The van der Waals surface area contributed by atoms with E-state index in [1.165, 1.54) is 12.1 Å². The topological polar surface area (TPSA) is 20.3 Å². The van der Waals surface area contributed by atoms with Gasteiger partial charge >= 0.3 is 0 Å². The summed E-state index contributed by atoms with van der Waals surface area (Å²) in [6.07, 6.45) is 3.76. The molecule has 1 fully saturated rings. The van der Waals surface area contributed by atoms with Crippen molar-refractivity contribution in [3.05, 3.63) is 35.6 Å². The molecule has 1 aromatic carbocycles. The number of carbonyl (C=O) groups is 1. The first-order valence-corrected chi connectivity index (χ1v) is 6.54. The highest BCUT2D eigenvalue weighted by Crippen LogP contribution is 2.35. The van der Waals surface area contributed by atoms with Crippen molar-refractivity contribution in [2.24, 2.45) is 5.92 Å². The molecule has 2 atom stereocenters. The summed E-state index contributed by atoms with van der Waals surface area (Å²) >= 11 is 0. The van der Waals surface area contributed by atoms with E-state index in [0.717, 1.165) is 24.8 Å². The highest BCUT2D eigenvalue weighted by molar-refractivity contribution is 5.82. The molecule has 0 saturated heterocycles. The van der Waals surface area contributed by atoms with Crippen LogP contribution in [0, 0.1) is 11.7 Å². The van der Waals surface area contributed by atoms with Crippen molar-refractivity contribution in [3.8, 4) is 0 Å². The highest BCUT2D eigenvalue weighted by atomic mass is 19.1. The Morgan fingerprint density at radius 2 is 1.89 bits per heavy atom. The van der Waals surface area contributed by atoms with E-state index in [4.69, 9.17) is 0 Å². The van der Waals surface area contributed by atoms with Crippen molar-refractivity contribution in [2.75, 3.05) is 14.1 Å². The Kier molecular flexibility index (Phi) is 4.12. The molecular formula is C15H20FNO. The van der Waals surface area contributed by atoms with Gasteiger partial charge in [-0.25, -0.2) is 4.39 Å². The van der Waals surface area contributed by atoms with E-state index < -0.39 is 0 Å². The first kappa shape index (κ1) is 13.2. The van der Waals surface area contributed by atoms with Crippen molar-refractivity contribution >= 4 is 5.78 Å². The Hall–Kier alpha value is -1.22. The fourth-order valence-electron chi connectivity index (χ4n) is 2.89. The average Bonchev–Trinajstić information content (AvgIpc) is 2.34. The Morgan fingerprint density at radius 1 is 1.22 bits per heavy atom. The van der Waals surface area contributed by atoms with Crippen LogP contribution >= 0.6 is 0 Å². The van der Waals surface area contributed by atoms with E-state index in [-0.39, 0.29) is 17.8 Å². The van der Waals surface area contributed by atoms with Crippen molar-refractivity contribution < 1.29 is 9.18 Å². The molecule has 2 rings (SSSR count). The second-order valence-electron chi connectivity index (χ2n) is 5.28. The maximum atomic E-state index is 13.0.